The van der Waals surface area contributed by atoms with Crippen molar-refractivity contribution in [1.29, 1.82) is 0 Å². The molecule has 0 radical (unpaired) electrons. The molecule has 5 nitrogen and oxygen atoms in total. The molecule has 4 aromatic rings. The van der Waals surface area contributed by atoms with Crippen molar-refractivity contribution in [2.24, 2.45) is 0 Å². The van der Waals surface area contributed by atoms with Crippen LogP contribution in [0.4, 0.5) is 0 Å². The third kappa shape index (κ3) is 2.41. The van der Waals surface area contributed by atoms with Gasteiger partial charge in [0.1, 0.15) is 6.33 Å². The first kappa shape index (κ1) is 14.0. The molecule has 6 heteroatoms. The van der Waals surface area contributed by atoms with Crippen LogP contribution in [0.5, 0.6) is 0 Å². The van der Waals surface area contributed by atoms with Gasteiger partial charge in [-0.05, 0) is 25.1 Å². The first-order valence-electron chi connectivity index (χ1n) is 7.04. The maximum atomic E-state index is 12.4. The molecular weight excluding hydrogens is 356 g/mol. The fraction of sp³-hybridized carbons (Fsp3) is 0.0588. The van der Waals surface area contributed by atoms with Crippen molar-refractivity contribution in [3.63, 3.8) is 0 Å². The van der Waals surface area contributed by atoms with Gasteiger partial charge in [0, 0.05) is 15.4 Å². The summed E-state index contributed by atoms with van der Waals surface area (Å²) in [5.41, 5.74) is 3.11. The van der Waals surface area contributed by atoms with Gasteiger partial charge < -0.3 is 0 Å². The summed E-state index contributed by atoms with van der Waals surface area (Å²) in [5, 5.41) is 5.20. The van der Waals surface area contributed by atoms with Gasteiger partial charge in [-0.2, -0.15) is 10.1 Å². The van der Waals surface area contributed by atoms with Crippen LogP contribution >= 0.6 is 15.9 Å². The summed E-state index contributed by atoms with van der Waals surface area (Å²) in [6.07, 6.45) is 1.58. The van der Waals surface area contributed by atoms with E-state index in [-0.39, 0.29) is 5.56 Å². The lowest BCUT2D eigenvalue weighted by Crippen LogP contribution is -2.16. The lowest BCUT2D eigenvalue weighted by molar-refractivity contribution is 0.871. The third-order valence-corrected chi connectivity index (χ3v) is 4.16. The number of hydrogen-bond donors (Lipinski definition) is 0. The van der Waals surface area contributed by atoms with E-state index in [1.54, 1.807) is 10.8 Å². The number of benzene rings is 2. The molecule has 0 fully saturated rings. The van der Waals surface area contributed by atoms with Crippen LogP contribution in [-0.4, -0.2) is 19.6 Å². The molecule has 0 bridgehead atoms. The highest BCUT2D eigenvalue weighted by molar-refractivity contribution is 9.10. The summed E-state index contributed by atoms with van der Waals surface area (Å²) in [7, 11) is 0. The minimum absolute atomic E-state index is 0.318. The zero-order valence-electron chi connectivity index (χ0n) is 12.2. The van der Waals surface area contributed by atoms with Crippen LogP contribution in [-0.2, 0) is 0 Å². The molecule has 0 saturated carbocycles. The van der Waals surface area contributed by atoms with Crippen molar-refractivity contribution in [3.05, 3.63) is 69.2 Å². The molecule has 0 atom stereocenters. The highest BCUT2D eigenvalue weighted by Gasteiger charge is 2.11. The van der Waals surface area contributed by atoms with E-state index >= 15 is 0 Å². The number of nitrogens with zero attached hydrogens (tertiary/aromatic N) is 4. The van der Waals surface area contributed by atoms with Gasteiger partial charge in [-0.25, -0.2) is 9.50 Å². The van der Waals surface area contributed by atoms with Crippen LogP contribution < -0.4 is 5.56 Å². The normalized spacial score (nSPS) is 11.2. The minimum Gasteiger partial charge on any atom is -0.265 e. The summed E-state index contributed by atoms with van der Waals surface area (Å²) >= 11 is 3.43. The van der Waals surface area contributed by atoms with E-state index in [1.165, 1.54) is 0 Å². The van der Waals surface area contributed by atoms with Gasteiger partial charge in [-0.1, -0.05) is 45.8 Å². The Hall–Kier alpha value is -2.60. The number of rotatable bonds is 1. The average molecular weight is 367 g/mol. The summed E-state index contributed by atoms with van der Waals surface area (Å²) in [6.45, 7) is 2.00. The fourth-order valence-electron chi connectivity index (χ4n) is 2.47. The van der Waals surface area contributed by atoms with Gasteiger partial charge in [-0.15, -0.1) is 0 Å². The Kier molecular flexibility index (Phi) is 3.20. The molecule has 0 unspecified atom stereocenters. The van der Waals surface area contributed by atoms with Gasteiger partial charge in [0.2, 0.25) is 0 Å². The summed E-state index contributed by atoms with van der Waals surface area (Å²) in [6, 6.07) is 13.3. The van der Waals surface area contributed by atoms with Gasteiger partial charge >= 0.3 is 0 Å². The van der Waals surface area contributed by atoms with Crippen LogP contribution in [0.3, 0.4) is 0 Å². The van der Waals surface area contributed by atoms with E-state index in [4.69, 9.17) is 0 Å². The molecule has 2 aromatic carbocycles. The molecule has 0 aliphatic carbocycles. The first-order chi connectivity index (χ1) is 11.1. The summed E-state index contributed by atoms with van der Waals surface area (Å²) < 4.78 is 2.45. The molecule has 112 valence electrons. The van der Waals surface area contributed by atoms with Crippen molar-refractivity contribution in [3.8, 4) is 11.3 Å². The van der Waals surface area contributed by atoms with Crippen LogP contribution in [0.25, 0.3) is 27.8 Å². The van der Waals surface area contributed by atoms with Crippen LogP contribution in [0.15, 0.2) is 58.1 Å². The molecule has 2 heterocycles. The monoisotopic (exact) mass is 366 g/mol. The van der Waals surface area contributed by atoms with Gasteiger partial charge in [-0.3, -0.25) is 4.79 Å². The number of aryl methyl sites for hydroxylation is 1. The third-order valence-electron chi connectivity index (χ3n) is 3.67. The van der Waals surface area contributed by atoms with Crippen LogP contribution in [0.2, 0.25) is 0 Å². The lowest BCUT2D eigenvalue weighted by atomic mass is 10.1. The number of fused-ring (bicyclic) bond motifs is 3. The Morgan fingerprint density at radius 3 is 2.65 bits per heavy atom. The SMILES string of the molecule is Cc1ccc(-c2nn3cnc4ccc(Br)cc4c3nc2=O)cc1. The van der Waals surface area contributed by atoms with E-state index in [9.17, 15) is 4.79 Å². The Balaban J connectivity index is 2.03. The maximum absolute atomic E-state index is 12.4. The highest BCUT2D eigenvalue weighted by atomic mass is 79.9. The molecule has 0 saturated heterocycles. The molecule has 2 aromatic heterocycles. The highest BCUT2D eigenvalue weighted by Crippen LogP contribution is 2.21. The van der Waals surface area contributed by atoms with E-state index in [0.717, 1.165) is 26.5 Å². The van der Waals surface area contributed by atoms with Gasteiger partial charge in [0.05, 0.1) is 5.52 Å². The predicted octanol–water partition coefficient (Wildman–Crippen LogP) is 3.38. The zero-order valence-corrected chi connectivity index (χ0v) is 13.8. The lowest BCUT2D eigenvalue weighted by Gasteiger charge is -2.06. The standard InChI is InChI=1S/C17H11BrN4O/c1-10-2-4-11(5-3-10)15-17(23)20-16-13-8-12(18)6-7-14(13)19-9-22(16)21-15/h2-9H,1H3. The zero-order chi connectivity index (χ0) is 16.0. The van der Waals surface area contributed by atoms with Crippen molar-refractivity contribution in [1.82, 2.24) is 19.6 Å². The minimum atomic E-state index is -0.346. The van der Waals surface area contributed by atoms with Crippen molar-refractivity contribution in [2.45, 2.75) is 6.92 Å². The summed E-state index contributed by atoms with van der Waals surface area (Å²) in [5.74, 6) is 0. The molecule has 0 amide bonds. The second-order valence-corrected chi connectivity index (χ2v) is 6.22. The van der Waals surface area contributed by atoms with E-state index in [1.807, 2.05) is 49.4 Å². The van der Waals surface area contributed by atoms with Crippen molar-refractivity contribution >= 4 is 32.5 Å². The van der Waals surface area contributed by atoms with Crippen molar-refractivity contribution < 1.29 is 0 Å². The Labute approximate surface area is 139 Å². The number of hydrogen-bond acceptors (Lipinski definition) is 4. The second-order valence-electron chi connectivity index (χ2n) is 5.31. The van der Waals surface area contributed by atoms with Gasteiger partial charge in [0.25, 0.3) is 5.56 Å². The Bertz CT molecular complexity index is 1100. The smallest absolute Gasteiger partial charge is 0.265 e. The second kappa shape index (κ2) is 5.24. The van der Waals surface area contributed by atoms with Crippen LogP contribution in [0.1, 0.15) is 5.56 Å². The Morgan fingerprint density at radius 2 is 1.87 bits per heavy atom. The van der Waals surface area contributed by atoms with E-state index in [0.29, 0.717) is 11.3 Å². The molecule has 0 aliphatic rings. The van der Waals surface area contributed by atoms with Crippen molar-refractivity contribution in [2.75, 3.05) is 0 Å². The largest absolute Gasteiger partial charge is 0.300 e. The Morgan fingerprint density at radius 1 is 1.09 bits per heavy atom. The molecule has 23 heavy (non-hydrogen) atoms. The molecule has 4 rings (SSSR count). The first-order valence-corrected chi connectivity index (χ1v) is 7.83. The molecule has 0 aliphatic heterocycles. The number of aromatic nitrogens is 4. The average Bonchev–Trinajstić information content (AvgIpc) is 2.55. The maximum Gasteiger partial charge on any atom is 0.300 e. The van der Waals surface area contributed by atoms with Crippen LogP contribution in [0, 0.1) is 6.92 Å². The molecule has 0 spiro atoms. The van der Waals surface area contributed by atoms with E-state index in [2.05, 4.69) is 31.0 Å². The molecule has 0 N–H and O–H groups in total. The number of halogens is 1. The van der Waals surface area contributed by atoms with Gasteiger partial charge in [0.15, 0.2) is 11.3 Å². The molecular formula is C17H11BrN4O. The predicted molar refractivity (Wildman–Crippen MR) is 92.4 cm³/mol. The summed E-state index contributed by atoms with van der Waals surface area (Å²) in [4.78, 5) is 21.0. The fourth-order valence-corrected chi connectivity index (χ4v) is 2.83. The topological polar surface area (TPSA) is 60.1 Å². The van der Waals surface area contributed by atoms with E-state index < -0.39 is 0 Å². The quantitative estimate of drug-likeness (QED) is 0.484.